The average Bonchev–Trinajstić information content (AvgIpc) is 2.85. The van der Waals surface area contributed by atoms with E-state index in [0.29, 0.717) is 12.5 Å². The highest BCUT2D eigenvalue weighted by atomic mass is 32.2. The van der Waals surface area contributed by atoms with Gasteiger partial charge in [0.15, 0.2) is 0 Å². The lowest BCUT2D eigenvalue weighted by molar-refractivity contribution is 0.418. The molecule has 4 nitrogen and oxygen atoms in total. The second-order valence-corrected chi connectivity index (χ2v) is 7.65. The molecule has 2 aliphatic rings. The van der Waals surface area contributed by atoms with Crippen LogP contribution in [0.15, 0.2) is 12.2 Å². The van der Waals surface area contributed by atoms with E-state index in [1.165, 1.54) is 17.1 Å². The smallest absolute Gasteiger partial charge is 0.214 e. The Labute approximate surface area is 104 Å². The Morgan fingerprint density at radius 3 is 2.59 bits per heavy atom. The lowest BCUT2D eigenvalue weighted by Gasteiger charge is -2.19. The molecule has 2 aliphatic carbocycles. The number of hydrogen-bond donors (Lipinski definition) is 1. The Kier molecular flexibility index (Phi) is 3.90. The van der Waals surface area contributed by atoms with Crippen LogP contribution in [0.25, 0.3) is 0 Å². The van der Waals surface area contributed by atoms with Gasteiger partial charge in [0, 0.05) is 20.6 Å². The minimum atomic E-state index is -3.05. The van der Waals surface area contributed by atoms with Crippen molar-refractivity contribution in [2.24, 2.45) is 17.8 Å². The zero-order valence-corrected chi connectivity index (χ0v) is 11.4. The molecule has 17 heavy (non-hydrogen) atoms. The van der Waals surface area contributed by atoms with Crippen LogP contribution in [-0.4, -0.2) is 45.7 Å². The van der Waals surface area contributed by atoms with Gasteiger partial charge in [-0.2, -0.15) is 0 Å². The summed E-state index contributed by atoms with van der Waals surface area (Å²) in [5.41, 5.74) is 0. The van der Waals surface area contributed by atoms with Crippen LogP contribution in [0, 0.1) is 17.8 Å². The lowest BCUT2D eigenvalue weighted by Crippen LogP contribution is -2.33. The molecule has 0 heterocycles. The summed E-state index contributed by atoms with van der Waals surface area (Å²) in [6.45, 7) is 1.51. The van der Waals surface area contributed by atoms with Gasteiger partial charge in [-0.25, -0.2) is 12.7 Å². The first-order valence-electron chi connectivity index (χ1n) is 6.28. The third-order valence-electron chi connectivity index (χ3n) is 3.92. The second-order valence-electron chi connectivity index (χ2n) is 5.34. The molecule has 0 aliphatic heterocycles. The van der Waals surface area contributed by atoms with Crippen LogP contribution in [0.2, 0.25) is 0 Å². The van der Waals surface area contributed by atoms with E-state index >= 15 is 0 Å². The normalized spacial score (nSPS) is 31.6. The van der Waals surface area contributed by atoms with Crippen LogP contribution in [0.4, 0.5) is 0 Å². The first-order chi connectivity index (χ1) is 7.99. The summed E-state index contributed by atoms with van der Waals surface area (Å²) in [6, 6.07) is 0. The third-order valence-corrected chi connectivity index (χ3v) is 5.75. The third kappa shape index (κ3) is 3.09. The highest BCUT2D eigenvalue weighted by Crippen LogP contribution is 2.42. The topological polar surface area (TPSA) is 49.4 Å². The largest absolute Gasteiger partial charge is 0.315 e. The van der Waals surface area contributed by atoms with Crippen molar-refractivity contribution < 1.29 is 8.42 Å². The van der Waals surface area contributed by atoms with Crippen LogP contribution < -0.4 is 5.32 Å². The van der Waals surface area contributed by atoms with E-state index in [1.54, 1.807) is 14.1 Å². The van der Waals surface area contributed by atoms with Crippen molar-refractivity contribution in [2.75, 3.05) is 32.9 Å². The van der Waals surface area contributed by atoms with Crippen molar-refractivity contribution in [1.29, 1.82) is 0 Å². The highest BCUT2D eigenvalue weighted by molar-refractivity contribution is 7.89. The Balaban J connectivity index is 1.66. The first-order valence-corrected chi connectivity index (χ1v) is 7.89. The fourth-order valence-electron chi connectivity index (χ4n) is 2.80. The Bertz CT molecular complexity index is 389. The predicted molar refractivity (Wildman–Crippen MR) is 69.2 cm³/mol. The number of hydrogen-bond acceptors (Lipinski definition) is 3. The summed E-state index contributed by atoms with van der Waals surface area (Å²) in [5, 5.41) is 3.28. The summed E-state index contributed by atoms with van der Waals surface area (Å²) in [6.07, 6.45) is 7.24. The number of nitrogens with zero attached hydrogens (tertiary/aromatic N) is 1. The van der Waals surface area contributed by atoms with Gasteiger partial charge in [-0.15, -0.1) is 0 Å². The molecule has 1 fully saturated rings. The fraction of sp³-hybridized carbons (Fsp3) is 0.833. The van der Waals surface area contributed by atoms with E-state index in [-0.39, 0.29) is 5.75 Å². The monoisotopic (exact) mass is 258 g/mol. The molecule has 2 rings (SSSR count). The quantitative estimate of drug-likeness (QED) is 0.563. The van der Waals surface area contributed by atoms with Gasteiger partial charge in [-0.05, 0) is 37.1 Å². The van der Waals surface area contributed by atoms with Gasteiger partial charge in [0.2, 0.25) is 10.0 Å². The molecule has 0 aromatic rings. The fourth-order valence-corrected chi connectivity index (χ4v) is 3.57. The summed E-state index contributed by atoms with van der Waals surface area (Å²) < 4.78 is 24.3. The summed E-state index contributed by atoms with van der Waals surface area (Å²) in [5.74, 6) is 2.43. The Morgan fingerprint density at radius 1 is 1.29 bits per heavy atom. The molecule has 0 saturated heterocycles. The molecule has 5 heteroatoms. The van der Waals surface area contributed by atoms with Crippen molar-refractivity contribution in [3.63, 3.8) is 0 Å². The van der Waals surface area contributed by atoms with Crippen molar-refractivity contribution in [2.45, 2.75) is 12.8 Å². The van der Waals surface area contributed by atoms with E-state index in [9.17, 15) is 8.42 Å². The number of sulfonamides is 1. The molecule has 1 N–H and O–H groups in total. The van der Waals surface area contributed by atoms with Gasteiger partial charge in [-0.3, -0.25) is 0 Å². The van der Waals surface area contributed by atoms with Crippen molar-refractivity contribution in [3.8, 4) is 0 Å². The van der Waals surface area contributed by atoms with E-state index in [0.717, 1.165) is 18.4 Å². The molecule has 0 radical (unpaired) electrons. The maximum atomic E-state index is 11.5. The van der Waals surface area contributed by atoms with Gasteiger partial charge < -0.3 is 5.32 Å². The minimum Gasteiger partial charge on any atom is -0.315 e. The van der Waals surface area contributed by atoms with E-state index in [2.05, 4.69) is 17.5 Å². The highest BCUT2D eigenvalue weighted by Gasteiger charge is 2.34. The molecule has 0 aromatic heterocycles. The SMILES string of the molecule is CN(C)S(=O)(=O)CCNCC1CC2C=CC1C2. The lowest BCUT2D eigenvalue weighted by atomic mass is 9.94. The molecule has 0 aromatic carbocycles. The van der Waals surface area contributed by atoms with Crippen molar-refractivity contribution in [3.05, 3.63) is 12.2 Å². The average molecular weight is 258 g/mol. The number of allylic oxidation sites excluding steroid dienone is 2. The maximum Gasteiger partial charge on any atom is 0.214 e. The minimum absolute atomic E-state index is 0.191. The van der Waals surface area contributed by atoms with Gasteiger partial charge in [0.1, 0.15) is 0 Å². The van der Waals surface area contributed by atoms with Crippen LogP contribution >= 0.6 is 0 Å². The maximum absolute atomic E-state index is 11.5. The van der Waals surface area contributed by atoms with Gasteiger partial charge in [0.05, 0.1) is 5.75 Å². The molecule has 0 spiro atoms. The van der Waals surface area contributed by atoms with E-state index in [4.69, 9.17) is 0 Å². The second kappa shape index (κ2) is 5.08. The Hall–Kier alpha value is -0.390. The summed E-state index contributed by atoms with van der Waals surface area (Å²) in [4.78, 5) is 0. The molecule has 98 valence electrons. The molecular formula is C12H22N2O2S. The van der Waals surface area contributed by atoms with Crippen LogP contribution in [-0.2, 0) is 10.0 Å². The first kappa shape index (κ1) is 13.1. The standard InChI is InChI=1S/C12H22N2O2S/c1-14(2)17(15,16)6-5-13-9-12-8-10-3-4-11(12)7-10/h3-4,10-13H,5-9H2,1-2H3. The zero-order valence-electron chi connectivity index (χ0n) is 10.6. The molecule has 2 bridgehead atoms. The van der Waals surface area contributed by atoms with E-state index < -0.39 is 10.0 Å². The van der Waals surface area contributed by atoms with Gasteiger partial charge in [0.25, 0.3) is 0 Å². The molecule has 1 saturated carbocycles. The molecule has 0 amide bonds. The molecular weight excluding hydrogens is 236 g/mol. The Morgan fingerprint density at radius 2 is 2.06 bits per heavy atom. The number of nitrogens with one attached hydrogen (secondary N) is 1. The molecule has 3 unspecified atom stereocenters. The van der Waals surface area contributed by atoms with Crippen molar-refractivity contribution in [1.82, 2.24) is 9.62 Å². The molecule has 3 atom stereocenters. The van der Waals surface area contributed by atoms with Crippen LogP contribution in [0.5, 0.6) is 0 Å². The van der Waals surface area contributed by atoms with E-state index in [1.807, 2.05) is 0 Å². The van der Waals surface area contributed by atoms with Crippen molar-refractivity contribution >= 4 is 10.0 Å². The number of rotatable bonds is 6. The van der Waals surface area contributed by atoms with Gasteiger partial charge in [-0.1, -0.05) is 12.2 Å². The number of fused-ring (bicyclic) bond motifs is 2. The summed E-state index contributed by atoms with van der Waals surface area (Å²) >= 11 is 0. The van der Waals surface area contributed by atoms with Crippen LogP contribution in [0.1, 0.15) is 12.8 Å². The zero-order chi connectivity index (χ0) is 12.5. The van der Waals surface area contributed by atoms with Crippen LogP contribution in [0.3, 0.4) is 0 Å². The predicted octanol–water partition coefficient (Wildman–Crippen LogP) is 0.680. The van der Waals surface area contributed by atoms with Gasteiger partial charge >= 0.3 is 0 Å². The summed E-state index contributed by atoms with van der Waals surface area (Å²) in [7, 11) is 0.111.